The van der Waals surface area contributed by atoms with Crippen molar-refractivity contribution in [2.45, 2.75) is 32.8 Å². The molecule has 2 fully saturated rings. The molecule has 19 heavy (non-hydrogen) atoms. The molecule has 0 radical (unpaired) electrons. The minimum atomic E-state index is -0.512. The number of rotatable bonds is 2. The number of primary amides is 1. The molecule has 0 spiro atoms. The molecule has 2 aliphatic heterocycles. The molecule has 2 N–H and O–H groups in total. The predicted molar refractivity (Wildman–Crippen MR) is 68.4 cm³/mol. The quantitative estimate of drug-likeness (QED) is 0.802. The zero-order chi connectivity index (χ0) is 14.3. The van der Waals surface area contributed by atoms with Gasteiger partial charge in [0.1, 0.15) is 5.60 Å². The van der Waals surface area contributed by atoms with Gasteiger partial charge in [0.05, 0.1) is 13.2 Å². The highest BCUT2D eigenvalue weighted by Crippen LogP contribution is 2.44. The summed E-state index contributed by atoms with van der Waals surface area (Å²) in [6.45, 7) is 7.63. The molecule has 108 valence electrons. The number of nitrogens with zero attached hydrogens (tertiary/aromatic N) is 1. The number of likely N-dealkylation sites (tertiary alicyclic amines) is 1. The maximum atomic E-state index is 12.1. The second-order valence-electron chi connectivity index (χ2n) is 6.58. The largest absolute Gasteiger partial charge is 0.444 e. The molecule has 6 nitrogen and oxygen atoms in total. The van der Waals surface area contributed by atoms with E-state index >= 15 is 0 Å². The molecule has 0 aromatic rings. The lowest BCUT2D eigenvalue weighted by Crippen LogP contribution is -2.39. The van der Waals surface area contributed by atoms with E-state index in [0.717, 1.165) is 0 Å². The molecule has 0 saturated carbocycles. The van der Waals surface area contributed by atoms with Crippen LogP contribution in [0.2, 0.25) is 0 Å². The number of ether oxygens (including phenoxy) is 2. The van der Waals surface area contributed by atoms with Gasteiger partial charge in [-0.3, -0.25) is 4.79 Å². The van der Waals surface area contributed by atoms with Crippen LogP contribution in [0, 0.1) is 11.3 Å². The molecule has 6 heteroatoms. The van der Waals surface area contributed by atoms with Crippen LogP contribution in [-0.2, 0) is 14.3 Å². The fourth-order valence-electron chi connectivity index (χ4n) is 2.89. The highest BCUT2D eigenvalue weighted by Gasteiger charge is 2.53. The summed E-state index contributed by atoms with van der Waals surface area (Å²) in [7, 11) is 0. The fourth-order valence-corrected chi connectivity index (χ4v) is 2.89. The third-order valence-electron chi connectivity index (χ3n) is 3.70. The zero-order valence-corrected chi connectivity index (χ0v) is 11.8. The maximum Gasteiger partial charge on any atom is 0.410 e. The smallest absolute Gasteiger partial charge is 0.410 e. The van der Waals surface area contributed by atoms with E-state index in [9.17, 15) is 9.59 Å². The van der Waals surface area contributed by atoms with Crippen molar-refractivity contribution in [2.75, 3.05) is 26.3 Å². The minimum absolute atomic E-state index is 0.174. The van der Waals surface area contributed by atoms with Gasteiger partial charge >= 0.3 is 6.09 Å². The van der Waals surface area contributed by atoms with Gasteiger partial charge in [0, 0.05) is 30.8 Å². The van der Waals surface area contributed by atoms with E-state index in [1.165, 1.54) is 0 Å². The van der Waals surface area contributed by atoms with Gasteiger partial charge in [-0.25, -0.2) is 4.79 Å². The van der Waals surface area contributed by atoms with Crippen molar-refractivity contribution in [2.24, 2.45) is 17.1 Å². The van der Waals surface area contributed by atoms with E-state index in [0.29, 0.717) is 26.3 Å². The molecule has 2 saturated heterocycles. The number of fused-ring (bicyclic) bond motifs is 1. The molecule has 2 amide bonds. The van der Waals surface area contributed by atoms with Crippen LogP contribution >= 0.6 is 0 Å². The molecule has 0 aliphatic carbocycles. The summed E-state index contributed by atoms with van der Waals surface area (Å²) in [6.07, 6.45) is -0.0671. The summed E-state index contributed by atoms with van der Waals surface area (Å²) >= 11 is 0. The second-order valence-corrected chi connectivity index (χ2v) is 6.58. The summed E-state index contributed by atoms with van der Waals surface area (Å²) in [4.78, 5) is 25.0. The summed E-state index contributed by atoms with van der Waals surface area (Å²) in [5.74, 6) is -0.172. The van der Waals surface area contributed by atoms with Gasteiger partial charge in [0.15, 0.2) is 0 Å². The minimum Gasteiger partial charge on any atom is -0.444 e. The summed E-state index contributed by atoms with van der Waals surface area (Å²) in [5.41, 5.74) is 4.49. The maximum absolute atomic E-state index is 12.1. The number of hydrogen-bond acceptors (Lipinski definition) is 4. The SMILES string of the molecule is CC(C)(C)OC(=O)N1CC2COCC2(CC(N)=O)C1. The van der Waals surface area contributed by atoms with E-state index in [1.54, 1.807) is 4.90 Å². The van der Waals surface area contributed by atoms with Crippen molar-refractivity contribution < 1.29 is 19.1 Å². The third-order valence-corrected chi connectivity index (χ3v) is 3.70. The standard InChI is InChI=1S/C13H22N2O4/c1-12(2,3)19-11(17)15-5-9-6-18-8-13(9,7-15)4-10(14)16/h9H,4-8H2,1-3H3,(H2,14,16). The van der Waals surface area contributed by atoms with E-state index in [2.05, 4.69) is 0 Å². The first-order valence-electron chi connectivity index (χ1n) is 6.56. The Balaban J connectivity index is 2.05. The van der Waals surface area contributed by atoms with Gasteiger partial charge in [0.2, 0.25) is 5.91 Å². The predicted octanol–water partition coefficient (Wildman–Crippen LogP) is 0.745. The third kappa shape index (κ3) is 3.00. The molecule has 0 aromatic heterocycles. The summed E-state index contributed by atoms with van der Waals surface area (Å²) < 4.78 is 10.8. The van der Waals surface area contributed by atoms with Crippen molar-refractivity contribution in [3.8, 4) is 0 Å². The highest BCUT2D eigenvalue weighted by atomic mass is 16.6. The van der Waals surface area contributed by atoms with Crippen LogP contribution < -0.4 is 5.73 Å². The Hall–Kier alpha value is -1.30. The summed E-state index contributed by atoms with van der Waals surface area (Å²) in [6, 6.07) is 0. The molecule has 2 atom stereocenters. The van der Waals surface area contributed by atoms with Gasteiger partial charge in [-0.15, -0.1) is 0 Å². The van der Waals surface area contributed by atoms with Crippen molar-refractivity contribution >= 4 is 12.0 Å². The normalized spacial score (nSPS) is 30.3. The molecule has 0 bridgehead atoms. The van der Waals surface area contributed by atoms with Crippen LogP contribution in [0.15, 0.2) is 0 Å². The number of carbonyl (C=O) groups excluding carboxylic acids is 2. The van der Waals surface area contributed by atoms with E-state index < -0.39 is 5.60 Å². The van der Waals surface area contributed by atoms with E-state index in [-0.39, 0.29) is 29.8 Å². The van der Waals surface area contributed by atoms with Crippen LogP contribution in [-0.4, -0.2) is 48.8 Å². The molecule has 2 heterocycles. The molecular weight excluding hydrogens is 248 g/mol. The van der Waals surface area contributed by atoms with Gasteiger partial charge in [-0.05, 0) is 20.8 Å². The Kier molecular flexibility index (Phi) is 3.47. The first kappa shape index (κ1) is 14.1. The molecular formula is C13H22N2O4. The Morgan fingerprint density at radius 1 is 1.47 bits per heavy atom. The molecule has 2 aliphatic rings. The van der Waals surface area contributed by atoms with Gasteiger partial charge in [0.25, 0.3) is 0 Å². The lowest BCUT2D eigenvalue weighted by molar-refractivity contribution is -0.120. The first-order valence-corrected chi connectivity index (χ1v) is 6.56. The van der Waals surface area contributed by atoms with Crippen molar-refractivity contribution in [3.63, 3.8) is 0 Å². The van der Waals surface area contributed by atoms with Gasteiger partial charge in [-0.2, -0.15) is 0 Å². The molecule has 0 aromatic carbocycles. The summed E-state index contributed by atoms with van der Waals surface area (Å²) in [5, 5.41) is 0. The van der Waals surface area contributed by atoms with Gasteiger partial charge < -0.3 is 20.1 Å². The Morgan fingerprint density at radius 2 is 2.16 bits per heavy atom. The number of carbonyl (C=O) groups is 2. The lowest BCUT2D eigenvalue weighted by atomic mass is 9.78. The Morgan fingerprint density at radius 3 is 2.74 bits per heavy atom. The number of hydrogen-bond donors (Lipinski definition) is 1. The van der Waals surface area contributed by atoms with Crippen LogP contribution in [0.1, 0.15) is 27.2 Å². The van der Waals surface area contributed by atoms with Crippen LogP contribution in [0.5, 0.6) is 0 Å². The molecule has 2 unspecified atom stereocenters. The van der Waals surface area contributed by atoms with Crippen LogP contribution in [0.25, 0.3) is 0 Å². The lowest BCUT2D eigenvalue weighted by Gasteiger charge is -2.27. The van der Waals surface area contributed by atoms with Crippen molar-refractivity contribution in [3.05, 3.63) is 0 Å². The van der Waals surface area contributed by atoms with Crippen LogP contribution in [0.3, 0.4) is 0 Å². The van der Waals surface area contributed by atoms with E-state index in [1.807, 2.05) is 20.8 Å². The highest BCUT2D eigenvalue weighted by molar-refractivity contribution is 5.75. The second kappa shape index (κ2) is 4.67. The fraction of sp³-hybridized carbons (Fsp3) is 0.846. The number of amides is 2. The monoisotopic (exact) mass is 270 g/mol. The van der Waals surface area contributed by atoms with Gasteiger partial charge in [-0.1, -0.05) is 0 Å². The van der Waals surface area contributed by atoms with E-state index in [4.69, 9.17) is 15.2 Å². The van der Waals surface area contributed by atoms with Crippen molar-refractivity contribution in [1.82, 2.24) is 4.90 Å². The topological polar surface area (TPSA) is 81.9 Å². The molecule has 2 rings (SSSR count). The Bertz CT molecular complexity index is 391. The van der Waals surface area contributed by atoms with Crippen molar-refractivity contribution in [1.29, 1.82) is 0 Å². The first-order chi connectivity index (χ1) is 8.72. The average Bonchev–Trinajstić information content (AvgIpc) is 2.69. The number of nitrogens with two attached hydrogens (primary N) is 1. The zero-order valence-electron chi connectivity index (χ0n) is 11.8. The Labute approximate surface area is 113 Å². The van der Waals surface area contributed by atoms with Crippen LogP contribution in [0.4, 0.5) is 4.79 Å². The average molecular weight is 270 g/mol.